The van der Waals surface area contributed by atoms with Crippen LogP contribution in [0.3, 0.4) is 0 Å². The Morgan fingerprint density at radius 3 is 2.03 bits per heavy atom. The van der Waals surface area contributed by atoms with Gasteiger partial charge in [0.2, 0.25) is 0 Å². The molecule has 1 atom stereocenters. The molecule has 0 saturated carbocycles. The van der Waals surface area contributed by atoms with Crippen molar-refractivity contribution in [2.45, 2.75) is 25.1 Å². The minimum Gasteiger partial charge on any atom is -0.493 e. The Hall–Kier alpha value is -3.61. The van der Waals surface area contributed by atoms with Crippen molar-refractivity contribution in [1.29, 1.82) is 0 Å². The van der Waals surface area contributed by atoms with Crippen LogP contribution < -0.4 is 4.74 Å². The molecule has 0 aliphatic rings. The molecule has 0 aliphatic carbocycles. The number of benzene rings is 3. The van der Waals surface area contributed by atoms with Crippen molar-refractivity contribution >= 4 is 11.7 Å². The second-order valence-corrected chi connectivity index (χ2v) is 7.13. The van der Waals surface area contributed by atoms with Crippen molar-refractivity contribution in [1.82, 2.24) is 0 Å². The summed E-state index contributed by atoms with van der Waals surface area (Å²) in [5, 5.41) is 9.81. The largest absolute Gasteiger partial charge is 0.493 e. The second kappa shape index (κ2) is 10.6. The average Bonchev–Trinajstić information content (AvgIpc) is 2.77. The number of alkyl halides is 3. The van der Waals surface area contributed by atoms with E-state index in [4.69, 9.17) is 4.74 Å². The third-order valence-corrected chi connectivity index (χ3v) is 4.65. The molecule has 0 unspecified atom stereocenters. The minimum absolute atomic E-state index is 0.0645. The van der Waals surface area contributed by atoms with Gasteiger partial charge in [-0.2, -0.15) is 13.2 Å². The molecule has 0 aliphatic heterocycles. The fourth-order valence-corrected chi connectivity index (χ4v) is 3.12. The monoisotopic (exact) mass is 441 g/mol. The first-order valence-corrected chi connectivity index (χ1v) is 10.0. The number of nitrogens with zero attached hydrogens (tertiary/aromatic N) is 1. The molecule has 166 valence electrons. The first kappa shape index (κ1) is 23.1. The quantitative estimate of drug-likeness (QED) is 0.443. The van der Waals surface area contributed by atoms with Gasteiger partial charge in [-0.1, -0.05) is 72.8 Å². The summed E-state index contributed by atoms with van der Waals surface area (Å²) in [5.74, 6) is -0.844. The second-order valence-electron chi connectivity index (χ2n) is 7.13. The molecule has 0 bridgehead atoms. The molecular weight excluding hydrogens is 419 g/mol. The molecule has 0 heterocycles. The van der Waals surface area contributed by atoms with Crippen molar-refractivity contribution < 1.29 is 27.8 Å². The molecule has 3 aromatic rings. The fraction of sp³-hybridized carbons (Fsp3) is 0.200. The summed E-state index contributed by atoms with van der Waals surface area (Å²) in [4.78, 5) is 16.6. The summed E-state index contributed by atoms with van der Waals surface area (Å²) in [5.41, 5.74) is 2.73. The zero-order chi connectivity index (χ0) is 23.0. The number of aliphatic carboxylic acids is 1. The van der Waals surface area contributed by atoms with Crippen LogP contribution in [0.15, 0.2) is 89.9 Å². The van der Waals surface area contributed by atoms with Crippen molar-refractivity contribution in [2.24, 2.45) is 4.99 Å². The molecular formula is C25H22F3NO3. The van der Waals surface area contributed by atoms with Crippen LogP contribution in [0.5, 0.6) is 5.75 Å². The van der Waals surface area contributed by atoms with E-state index in [9.17, 15) is 23.1 Å². The molecule has 0 amide bonds. The van der Waals surface area contributed by atoms with Gasteiger partial charge in [-0.05, 0) is 17.7 Å². The fourth-order valence-electron chi connectivity index (χ4n) is 3.12. The van der Waals surface area contributed by atoms with Gasteiger partial charge in [0, 0.05) is 17.5 Å². The van der Waals surface area contributed by atoms with E-state index in [1.807, 2.05) is 60.7 Å². The summed E-state index contributed by atoms with van der Waals surface area (Å²) in [7, 11) is 0. The predicted molar refractivity (Wildman–Crippen MR) is 116 cm³/mol. The molecule has 3 aromatic carbocycles. The molecule has 0 radical (unpaired) electrons. The summed E-state index contributed by atoms with van der Waals surface area (Å²) < 4.78 is 42.2. The Kier molecular flexibility index (Phi) is 7.65. The Balaban J connectivity index is 1.85. The van der Waals surface area contributed by atoms with Gasteiger partial charge >= 0.3 is 12.1 Å². The number of hydrogen-bond donors (Lipinski definition) is 1. The number of carbonyl (C=O) groups is 1. The van der Waals surface area contributed by atoms with Crippen LogP contribution in [0.2, 0.25) is 0 Å². The predicted octanol–water partition coefficient (Wildman–Crippen LogP) is 5.55. The summed E-state index contributed by atoms with van der Waals surface area (Å²) >= 11 is 0. The molecule has 4 nitrogen and oxygen atoms in total. The summed E-state index contributed by atoms with van der Waals surface area (Å²) in [6.45, 7) is -0.500. The highest BCUT2D eigenvalue weighted by atomic mass is 19.4. The molecule has 32 heavy (non-hydrogen) atoms. The number of ether oxygens (including phenoxy) is 1. The van der Waals surface area contributed by atoms with Gasteiger partial charge in [0.05, 0.1) is 18.7 Å². The van der Waals surface area contributed by atoms with Crippen LogP contribution in [-0.2, 0) is 11.2 Å². The van der Waals surface area contributed by atoms with Gasteiger partial charge in [-0.25, -0.2) is 4.79 Å². The van der Waals surface area contributed by atoms with Crippen LogP contribution >= 0.6 is 0 Å². The van der Waals surface area contributed by atoms with Crippen molar-refractivity contribution in [3.05, 3.63) is 102 Å². The highest BCUT2D eigenvalue weighted by Crippen LogP contribution is 2.22. The van der Waals surface area contributed by atoms with Crippen LogP contribution in [0, 0.1) is 0 Å². The highest BCUT2D eigenvalue weighted by molar-refractivity contribution is 6.13. The van der Waals surface area contributed by atoms with Gasteiger partial charge in [-0.3, -0.25) is 4.99 Å². The van der Waals surface area contributed by atoms with E-state index in [0.29, 0.717) is 11.3 Å². The summed E-state index contributed by atoms with van der Waals surface area (Å²) in [6, 6.07) is 23.9. The number of carboxylic acid groups (broad SMARTS) is 1. The van der Waals surface area contributed by atoms with Crippen molar-refractivity contribution in [3.63, 3.8) is 0 Å². The van der Waals surface area contributed by atoms with Gasteiger partial charge in [0.15, 0.2) is 6.04 Å². The normalized spacial score (nSPS) is 12.1. The number of carboxylic acids is 1. The van der Waals surface area contributed by atoms with Gasteiger partial charge in [0.25, 0.3) is 0 Å². The first-order valence-electron chi connectivity index (χ1n) is 10.0. The lowest BCUT2D eigenvalue weighted by Crippen LogP contribution is -2.23. The van der Waals surface area contributed by atoms with E-state index in [1.54, 1.807) is 18.2 Å². The smallest absolute Gasteiger partial charge is 0.392 e. The molecule has 0 saturated heterocycles. The Bertz CT molecular complexity index is 1010. The lowest BCUT2D eigenvalue weighted by Gasteiger charge is -2.14. The van der Waals surface area contributed by atoms with Crippen LogP contribution in [0.1, 0.15) is 23.1 Å². The minimum atomic E-state index is -4.30. The Morgan fingerprint density at radius 1 is 0.906 bits per heavy atom. The first-order chi connectivity index (χ1) is 15.3. The maximum atomic E-state index is 12.3. The maximum Gasteiger partial charge on any atom is 0.392 e. The van der Waals surface area contributed by atoms with Crippen LogP contribution in [-0.4, -0.2) is 35.6 Å². The molecule has 7 heteroatoms. The third-order valence-electron chi connectivity index (χ3n) is 4.65. The highest BCUT2D eigenvalue weighted by Gasteiger charge is 2.27. The van der Waals surface area contributed by atoms with E-state index in [-0.39, 0.29) is 12.2 Å². The Morgan fingerprint density at radius 2 is 1.50 bits per heavy atom. The zero-order valence-electron chi connectivity index (χ0n) is 17.1. The molecule has 0 spiro atoms. The summed E-state index contributed by atoms with van der Waals surface area (Å²) in [6.07, 6.45) is -5.29. The lowest BCUT2D eigenvalue weighted by atomic mass is 10.0. The third kappa shape index (κ3) is 6.97. The topological polar surface area (TPSA) is 58.9 Å². The van der Waals surface area contributed by atoms with E-state index < -0.39 is 31.2 Å². The van der Waals surface area contributed by atoms with Gasteiger partial charge in [-0.15, -0.1) is 0 Å². The molecule has 3 rings (SSSR count). The van der Waals surface area contributed by atoms with Gasteiger partial charge < -0.3 is 9.84 Å². The van der Waals surface area contributed by atoms with E-state index in [0.717, 1.165) is 11.1 Å². The lowest BCUT2D eigenvalue weighted by molar-refractivity contribution is -0.140. The number of hydrogen-bond acceptors (Lipinski definition) is 3. The average molecular weight is 441 g/mol. The number of halogens is 3. The van der Waals surface area contributed by atoms with E-state index in [1.165, 1.54) is 6.07 Å². The van der Waals surface area contributed by atoms with Crippen molar-refractivity contribution in [3.8, 4) is 5.75 Å². The molecule has 1 N–H and O–H groups in total. The maximum absolute atomic E-state index is 12.3. The van der Waals surface area contributed by atoms with Gasteiger partial charge in [0.1, 0.15) is 5.75 Å². The number of rotatable bonds is 9. The van der Waals surface area contributed by atoms with Crippen molar-refractivity contribution in [2.75, 3.05) is 6.61 Å². The van der Waals surface area contributed by atoms with Crippen LogP contribution in [0.4, 0.5) is 13.2 Å². The molecule has 0 fully saturated rings. The standard InChI is InChI=1S/C25H22F3NO3/c26-25(27,28)14-15-32-21-13-7-8-18(16-21)17-22(24(30)31)29-23(19-9-3-1-4-10-19)20-11-5-2-6-12-20/h1-13,16,22H,14-15,17H2,(H,30,31)/t22-/m0/s1. The molecule has 0 aromatic heterocycles. The Labute approximate surface area is 184 Å². The van der Waals surface area contributed by atoms with Crippen LogP contribution in [0.25, 0.3) is 0 Å². The number of aliphatic imine (C=N–C) groups is 1. The van der Waals surface area contributed by atoms with E-state index in [2.05, 4.69) is 4.99 Å². The van der Waals surface area contributed by atoms with E-state index >= 15 is 0 Å². The SMILES string of the molecule is O=C(O)[C@H](Cc1cccc(OCCC(F)(F)F)c1)N=C(c1ccccc1)c1ccccc1. The zero-order valence-corrected chi connectivity index (χ0v) is 17.1.